The molecule has 2 heterocycles. The number of amides is 1. The summed E-state index contributed by atoms with van der Waals surface area (Å²) in [7, 11) is 0. The molecule has 1 aromatic rings. The summed E-state index contributed by atoms with van der Waals surface area (Å²) in [6.07, 6.45) is 2.00. The smallest absolute Gasteiger partial charge is 0.320 e. The predicted molar refractivity (Wildman–Crippen MR) is 93.0 cm³/mol. The number of carbonyl (C=O) groups excluding carboxylic acids is 1. The maximum Gasteiger partial charge on any atom is 0.320 e. The van der Waals surface area contributed by atoms with Crippen LogP contribution in [-0.2, 0) is 16.1 Å². The van der Waals surface area contributed by atoms with Gasteiger partial charge in [-0.2, -0.15) is 0 Å². The quantitative estimate of drug-likeness (QED) is 0.803. The van der Waals surface area contributed by atoms with E-state index in [-0.39, 0.29) is 18.5 Å². The molecule has 1 saturated carbocycles. The van der Waals surface area contributed by atoms with Gasteiger partial charge >= 0.3 is 5.97 Å². The van der Waals surface area contributed by atoms with Gasteiger partial charge in [0.05, 0.1) is 6.54 Å². The minimum Gasteiger partial charge on any atom is -0.480 e. The molecule has 1 atom stereocenters. The van der Waals surface area contributed by atoms with E-state index in [0.717, 1.165) is 45.6 Å². The van der Waals surface area contributed by atoms with Gasteiger partial charge in [-0.25, -0.2) is 0 Å². The zero-order valence-electron chi connectivity index (χ0n) is 14.1. The molecule has 0 bridgehead atoms. The van der Waals surface area contributed by atoms with Crippen LogP contribution in [0.15, 0.2) is 17.5 Å². The summed E-state index contributed by atoms with van der Waals surface area (Å²) in [4.78, 5) is 31.3. The largest absolute Gasteiger partial charge is 0.480 e. The summed E-state index contributed by atoms with van der Waals surface area (Å²) in [6, 6.07) is 3.88. The maximum absolute atomic E-state index is 12.6. The van der Waals surface area contributed by atoms with Crippen LogP contribution in [0.25, 0.3) is 0 Å². The number of carboxylic acids is 1. The second kappa shape index (κ2) is 7.63. The number of carbonyl (C=O) groups is 2. The van der Waals surface area contributed by atoms with Gasteiger partial charge in [0.1, 0.15) is 6.04 Å². The summed E-state index contributed by atoms with van der Waals surface area (Å²) >= 11 is 1.76. The molecule has 24 heavy (non-hydrogen) atoms. The van der Waals surface area contributed by atoms with Crippen molar-refractivity contribution in [2.45, 2.75) is 38.4 Å². The van der Waals surface area contributed by atoms with Crippen LogP contribution >= 0.6 is 11.3 Å². The van der Waals surface area contributed by atoms with E-state index in [4.69, 9.17) is 0 Å². The Morgan fingerprint density at radius 1 is 1.33 bits per heavy atom. The third-order valence-corrected chi connectivity index (χ3v) is 5.73. The number of hydrogen-bond acceptors (Lipinski definition) is 5. The molecule has 1 unspecified atom stereocenters. The minimum absolute atomic E-state index is 0.0609. The Hall–Kier alpha value is -1.44. The fourth-order valence-corrected chi connectivity index (χ4v) is 3.91. The lowest BCUT2D eigenvalue weighted by molar-refractivity contribution is -0.144. The molecule has 1 aliphatic carbocycles. The normalized spacial score (nSPS) is 20.3. The molecule has 2 aliphatic rings. The molecule has 0 aromatic carbocycles. The van der Waals surface area contributed by atoms with Crippen LogP contribution in [0.1, 0.15) is 24.6 Å². The first-order valence-corrected chi connectivity index (χ1v) is 9.43. The molecular formula is C17H25N3O3S. The van der Waals surface area contributed by atoms with Crippen LogP contribution in [0, 0.1) is 0 Å². The van der Waals surface area contributed by atoms with Gasteiger partial charge in [0, 0.05) is 43.6 Å². The van der Waals surface area contributed by atoms with Crippen molar-refractivity contribution in [3.05, 3.63) is 22.4 Å². The van der Waals surface area contributed by atoms with Gasteiger partial charge in [0.2, 0.25) is 5.91 Å². The number of hydrogen-bond donors (Lipinski definition) is 1. The van der Waals surface area contributed by atoms with Crippen molar-refractivity contribution >= 4 is 23.2 Å². The Morgan fingerprint density at radius 2 is 2.04 bits per heavy atom. The molecule has 1 N–H and O–H groups in total. The van der Waals surface area contributed by atoms with Gasteiger partial charge in [-0.1, -0.05) is 6.07 Å². The second-order valence-electron chi connectivity index (χ2n) is 6.65. The summed E-state index contributed by atoms with van der Waals surface area (Å²) in [6.45, 7) is 6.05. The van der Waals surface area contributed by atoms with Gasteiger partial charge in [-0.15, -0.1) is 11.3 Å². The average Bonchev–Trinajstić information content (AvgIpc) is 3.29. The highest BCUT2D eigenvalue weighted by Crippen LogP contribution is 2.28. The van der Waals surface area contributed by atoms with Crippen molar-refractivity contribution in [3.63, 3.8) is 0 Å². The van der Waals surface area contributed by atoms with Crippen molar-refractivity contribution in [2.24, 2.45) is 0 Å². The first kappa shape index (κ1) is 17.4. The third kappa shape index (κ3) is 4.34. The number of rotatable bonds is 7. The molecule has 1 aromatic heterocycles. The number of thiophene rings is 1. The fraction of sp³-hybridized carbons (Fsp3) is 0.647. The number of carboxylic acid groups (broad SMARTS) is 1. The van der Waals surface area contributed by atoms with E-state index in [1.54, 1.807) is 18.3 Å². The minimum atomic E-state index is -0.851. The van der Waals surface area contributed by atoms with Crippen LogP contribution in [0.2, 0.25) is 0 Å². The lowest BCUT2D eigenvalue weighted by Crippen LogP contribution is -2.52. The maximum atomic E-state index is 12.6. The van der Waals surface area contributed by atoms with E-state index < -0.39 is 12.0 Å². The van der Waals surface area contributed by atoms with Crippen LogP contribution in [0.3, 0.4) is 0 Å². The van der Waals surface area contributed by atoms with E-state index in [2.05, 4.69) is 22.4 Å². The van der Waals surface area contributed by atoms with Gasteiger partial charge in [-0.3, -0.25) is 19.4 Å². The lowest BCUT2D eigenvalue weighted by Gasteiger charge is -2.36. The van der Waals surface area contributed by atoms with Crippen molar-refractivity contribution in [1.29, 1.82) is 0 Å². The SMILES string of the molecule is CC(C(=O)O)N(CC(=O)N1CCN(Cc2cccs2)CC1)C1CC1. The molecule has 2 fully saturated rings. The molecular weight excluding hydrogens is 326 g/mol. The molecule has 6 nitrogen and oxygen atoms in total. The van der Waals surface area contributed by atoms with Crippen molar-refractivity contribution in [2.75, 3.05) is 32.7 Å². The van der Waals surface area contributed by atoms with E-state index >= 15 is 0 Å². The summed E-state index contributed by atoms with van der Waals surface area (Å²) in [5.74, 6) is -0.791. The lowest BCUT2D eigenvalue weighted by atomic mass is 10.2. The number of nitrogens with zero attached hydrogens (tertiary/aromatic N) is 3. The van der Waals surface area contributed by atoms with E-state index in [9.17, 15) is 14.7 Å². The van der Waals surface area contributed by atoms with E-state index in [1.807, 2.05) is 9.80 Å². The topological polar surface area (TPSA) is 64.1 Å². The van der Waals surface area contributed by atoms with Gasteiger partial charge in [0.15, 0.2) is 0 Å². The highest BCUT2D eigenvalue weighted by Gasteiger charge is 2.37. The first-order chi connectivity index (χ1) is 11.5. The number of piperazine rings is 1. The standard InChI is InChI=1S/C17H25N3O3S/c1-13(17(22)23)20(14-4-5-14)12-16(21)19-8-6-18(7-9-19)11-15-3-2-10-24-15/h2-3,10,13-14H,4-9,11-12H2,1H3,(H,22,23). The van der Waals surface area contributed by atoms with Gasteiger partial charge in [0.25, 0.3) is 0 Å². The third-order valence-electron chi connectivity index (χ3n) is 4.87. The molecule has 0 spiro atoms. The Kier molecular flexibility index (Phi) is 5.53. The van der Waals surface area contributed by atoms with Crippen molar-refractivity contribution in [1.82, 2.24) is 14.7 Å². The molecule has 1 aliphatic heterocycles. The van der Waals surface area contributed by atoms with Crippen LogP contribution in [0.4, 0.5) is 0 Å². The molecule has 0 radical (unpaired) electrons. The summed E-state index contributed by atoms with van der Waals surface area (Å²) in [5, 5.41) is 11.3. The molecule has 3 rings (SSSR count). The van der Waals surface area contributed by atoms with Crippen LogP contribution in [0.5, 0.6) is 0 Å². The Labute approximate surface area is 146 Å². The second-order valence-corrected chi connectivity index (χ2v) is 7.69. The first-order valence-electron chi connectivity index (χ1n) is 8.55. The zero-order valence-corrected chi connectivity index (χ0v) is 14.9. The zero-order chi connectivity index (χ0) is 17.1. The average molecular weight is 351 g/mol. The molecule has 7 heteroatoms. The van der Waals surface area contributed by atoms with Crippen molar-refractivity contribution in [3.8, 4) is 0 Å². The van der Waals surface area contributed by atoms with E-state index in [1.165, 1.54) is 4.88 Å². The van der Waals surface area contributed by atoms with E-state index in [0.29, 0.717) is 0 Å². The summed E-state index contributed by atoms with van der Waals surface area (Å²) in [5.41, 5.74) is 0. The number of aliphatic carboxylic acids is 1. The summed E-state index contributed by atoms with van der Waals surface area (Å²) < 4.78 is 0. The Bertz CT molecular complexity index is 566. The Morgan fingerprint density at radius 3 is 2.58 bits per heavy atom. The monoisotopic (exact) mass is 351 g/mol. The van der Waals surface area contributed by atoms with Crippen LogP contribution in [-0.4, -0.2) is 76.5 Å². The highest BCUT2D eigenvalue weighted by molar-refractivity contribution is 7.09. The highest BCUT2D eigenvalue weighted by atomic mass is 32.1. The Balaban J connectivity index is 1.48. The fourth-order valence-electron chi connectivity index (χ4n) is 3.16. The molecule has 1 saturated heterocycles. The van der Waals surface area contributed by atoms with Gasteiger partial charge in [-0.05, 0) is 31.2 Å². The van der Waals surface area contributed by atoms with Crippen LogP contribution < -0.4 is 0 Å². The predicted octanol–water partition coefficient (Wildman–Crippen LogP) is 1.33. The van der Waals surface area contributed by atoms with Crippen molar-refractivity contribution < 1.29 is 14.7 Å². The molecule has 1 amide bonds. The van der Waals surface area contributed by atoms with Gasteiger partial charge < -0.3 is 10.0 Å². The molecule has 132 valence electrons.